The molecule has 1 unspecified atom stereocenters. The molecule has 0 aliphatic carbocycles. The van der Waals surface area contributed by atoms with Crippen molar-refractivity contribution in [3.05, 3.63) is 35.5 Å². The number of hydrogen-bond acceptors (Lipinski definition) is 2. The van der Waals surface area contributed by atoms with Crippen molar-refractivity contribution in [1.29, 1.82) is 0 Å². The number of nitrogens with one attached hydrogen (secondary N) is 1. The first kappa shape index (κ1) is 16.9. The summed E-state index contributed by atoms with van der Waals surface area (Å²) in [6.45, 7) is 1.38. The van der Waals surface area contributed by atoms with Crippen LogP contribution in [0.25, 0.3) is 10.9 Å². The molecule has 0 fully saturated rings. The Hall–Kier alpha value is -2.51. The minimum atomic E-state index is -4.45. The zero-order chi connectivity index (χ0) is 17.4. The highest BCUT2D eigenvalue weighted by atomic mass is 19.4. The molecule has 0 radical (unpaired) electrons. The Bertz CT molecular complexity index is 765. The van der Waals surface area contributed by atoms with Crippen LogP contribution in [0.15, 0.2) is 24.3 Å². The number of carboxylic acid groups (broad SMARTS) is 1. The van der Waals surface area contributed by atoms with Crippen molar-refractivity contribution >= 4 is 22.8 Å². The average Bonchev–Trinajstić information content (AvgIpc) is 2.80. The van der Waals surface area contributed by atoms with Crippen molar-refractivity contribution in [3.63, 3.8) is 0 Å². The number of carbonyl (C=O) groups is 2. The number of benzene rings is 1. The van der Waals surface area contributed by atoms with Gasteiger partial charge in [-0.2, -0.15) is 13.2 Å². The molecule has 0 saturated heterocycles. The Morgan fingerprint density at radius 2 is 1.96 bits per heavy atom. The number of aryl methyl sites for hydroxylation is 1. The van der Waals surface area contributed by atoms with Gasteiger partial charge in [-0.25, -0.2) is 0 Å². The van der Waals surface area contributed by atoms with Gasteiger partial charge in [-0.3, -0.25) is 9.59 Å². The third-order valence-electron chi connectivity index (χ3n) is 3.59. The van der Waals surface area contributed by atoms with E-state index >= 15 is 0 Å². The van der Waals surface area contributed by atoms with Crippen LogP contribution >= 0.6 is 0 Å². The second-order valence-electron chi connectivity index (χ2n) is 5.31. The van der Waals surface area contributed by atoms with Crippen molar-refractivity contribution < 1.29 is 27.9 Å². The van der Waals surface area contributed by atoms with Crippen LogP contribution in [-0.4, -0.2) is 28.1 Å². The lowest BCUT2D eigenvalue weighted by Crippen LogP contribution is -2.32. The molecule has 5 nitrogen and oxygen atoms in total. The van der Waals surface area contributed by atoms with Gasteiger partial charge in [-0.05, 0) is 24.3 Å². The summed E-state index contributed by atoms with van der Waals surface area (Å²) in [5.41, 5.74) is -0.145. The SMILES string of the molecule is CC(CNC(=O)c1cc2cc(C(F)(F)F)ccc2n1C)C(=O)O. The number of rotatable bonds is 4. The van der Waals surface area contributed by atoms with Gasteiger partial charge in [0, 0.05) is 24.5 Å². The van der Waals surface area contributed by atoms with Crippen molar-refractivity contribution in [2.45, 2.75) is 13.1 Å². The van der Waals surface area contributed by atoms with Crippen LogP contribution < -0.4 is 5.32 Å². The van der Waals surface area contributed by atoms with Gasteiger partial charge in [-0.1, -0.05) is 6.92 Å². The summed E-state index contributed by atoms with van der Waals surface area (Å²) in [4.78, 5) is 22.8. The molecule has 8 heteroatoms. The number of fused-ring (bicyclic) bond motifs is 1. The minimum Gasteiger partial charge on any atom is -0.481 e. The number of hydrogen-bond donors (Lipinski definition) is 2. The fraction of sp³-hybridized carbons (Fsp3) is 0.333. The molecule has 0 aliphatic heterocycles. The summed E-state index contributed by atoms with van der Waals surface area (Å²) >= 11 is 0. The van der Waals surface area contributed by atoms with Gasteiger partial charge < -0.3 is 15.0 Å². The lowest BCUT2D eigenvalue weighted by atomic mass is 10.1. The van der Waals surface area contributed by atoms with E-state index in [1.165, 1.54) is 23.6 Å². The standard InChI is InChI=1S/C15H15F3N2O3/c1-8(14(22)23)7-19-13(21)12-6-9-5-10(15(16,17)18)3-4-11(9)20(12)2/h3-6,8H,7H2,1-2H3,(H,19,21)(H,22,23). The minimum absolute atomic E-state index is 0.0660. The predicted molar refractivity (Wildman–Crippen MR) is 77.1 cm³/mol. The van der Waals surface area contributed by atoms with Crippen LogP contribution in [0.3, 0.4) is 0 Å². The van der Waals surface area contributed by atoms with Crippen LogP contribution in [0.5, 0.6) is 0 Å². The quantitative estimate of drug-likeness (QED) is 0.906. The van der Waals surface area contributed by atoms with Crippen molar-refractivity contribution in [2.24, 2.45) is 13.0 Å². The number of amides is 1. The number of carboxylic acids is 1. The molecule has 1 heterocycles. The second-order valence-corrected chi connectivity index (χ2v) is 5.31. The smallest absolute Gasteiger partial charge is 0.416 e. The molecular formula is C15H15F3N2O3. The van der Waals surface area contributed by atoms with E-state index in [1.54, 1.807) is 7.05 Å². The Labute approximate surface area is 129 Å². The Balaban J connectivity index is 2.29. The first-order valence-electron chi connectivity index (χ1n) is 6.79. The van der Waals surface area contributed by atoms with E-state index in [-0.39, 0.29) is 12.2 Å². The molecule has 124 valence electrons. The first-order chi connectivity index (χ1) is 10.6. The van der Waals surface area contributed by atoms with Crippen molar-refractivity contribution in [1.82, 2.24) is 9.88 Å². The Kier molecular flexibility index (Phi) is 4.35. The van der Waals surface area contributed by atoms with Crippen molar-refractivity contribution in [3.8, 4) is 0 Å². The monoisotopic (exact) mass is 328 g/mol. The summed E-state index contributed by atoms with van der Waals surface area (Å²) in [5, 5.41) is 11.5. The molecule has 0 bridgehead atoms. The zero-order valence-electron chi connectivity index (χ0n) is 12.4. The summed E-state index contributed by atoms with van der Waals surface area (Å²) in [6, 6.07) is 4.59. The molecule has 1 aromatic carbocycles. The van der Waals surface area contributed by atoms with E-state index in [1.807, 2.05) is 0 Å². The lowest BCUT2D eigenvalue weighted by molar-refractivity contribution is -0.141. The number of halogens is 3. The Morgan fingerprint density at radius 1 is 1.30 bits per heavy atom. The van der Waals surface area contributed by atoms with E-state index in [2.05, 4.69) is 5.32 Å². The molecule has 0 aliphatic rings. The molecule has 1 aromatic heterocycles. The van der Waals surface area contributed by atoms with Gasteiger partial charge in [0.15, 0.2) is 0 Å². The fourth-order valence-electron chi connectivity index (χ4n) is 2.17. The highest BCUT2D eigenvalue weighted by molar-refractivity contribution is 5.99. The van der Waals surface area contributed by atoms with Gasteiger partial charge >= 0.3 is 12.1 Å². The highest BCUT2D eigenvalue weighted by Crippen LogP contribution is 2.32. The van der Waals surface area contributed by atoms with Gasteiger partial charge in [-0.15, -0.1) is 0 Å². The maximum Gasteiger partial charge on any atom is 0.416 e. The molecule has 0 spiro atoms. The van der Waals surface area contributed by atoms with Gasteiger partial charge in [0.1, 0.15) is 5.69 Å². The number of aliphatic carboxylic acids is 1. The van der Waals surface area contributed by atoms with Gasteiger partial charge in [0.05, 0.1) is 11.5 Å². The number of nitrogens with zero attached hydrogens (tertiary/aromatic N) is 1. The molecule has 1 atom stereocenters. The van der Waals surface area contributed by atoms with E-state index in [0.717, 1.165) is 12.1 Å². The molecule has 1 amide bonds. The van der Waals surface area contributed by atoms with E-state index in [9.17, 15) is 22.8 Å². The third kappa shape index (κ3) is 3.46. The molecule has 2 N–H and O–H groups in total. The van der Waals surface area contributed by atoms with Gasteiger partial charge in [0.25, 0.3) is 5.91 Å². The number of carbonyl (C=O) groups excluding carboxylic acids is 1. The maximum absolute atomic E-state index is 12.7. The summed E-state index contributed by atoms with van der Waals surface area (Å²) in [7, 11) is 1.56. The summed E-state index contributed by atoms with van der Waals surface area (Å²) in [6.07, 6.45) is -4.45. The first-order valence-corrected chi connectivity index (χ1v) is 6.79. The van der Waals surface area contributed by atoms with Crippen molar-refractivity contribution in [2.75, 3.05) is 6.54 Å². The normalized spacial score (nSPS) is 13.1. The summed E-state index contributed by atoms with van der Waals surface area (Å²) < 4.78 is 39.6. The topological polar surface area (TPSA) is 71.3 Å². The fourth-order valence-corrected chi connectivity index (χ4v) is 2.17. The largest absolute Gasteiger partial charge is 0.481 e. The van der Waals surface area contributed by atoms with Crippen LogP contribution in [0.2, 0.25) is 0 Å². The van der Waals surface area contributed by atoms with Crippen LogP contribution in [0.1, 0.15) is 23.0 Å². The van der Waals surface area contributed by atoms with Gasteiger partial charge in [0.2, 0.25) is 0 Å². The molecule has 0 saturated carbocycles. The number of alkyl halides is 3. The summed E-state index contributed by atoms with van der Waals surface area (Å²) in [5.74, 6) is -2.34. The lowest BCUT2D eigenvalue weighted by Gasteiger charge is -2.09. The second kappa shape index (κ2) is 5.94. The molecule has 2 rings (SSSR count). The number of aromatic nitrogens is 1. The Morgan fingerprint density at radius 3 is 2.52 bits per heavy atom. The van der Waals surface area contributed by atoms with Crippen LogP contribution in [-0.2, 0) is 18.0 Å². The van der Waals surface area contributed by atoms with E-state index in [4.69, 9.17) is 5.11 Å². The highest BCUT2D eigenvalue weighted by Gasteiger charge is 2.30. The van der Waals surface area contributed by atoms with E-state index in [0.29, 0.717) is 10.9 Å². The van der Waals surface area contributed by atoms with Crippen LogP contribution in [0.4, 0.5) is 13.2 Å². The third-order valence-corrected chi connectivity index (χ3v) is 3.59. The van der Waals surface area contributed by atoms with E-state index < -0.39 is 29.5 Å². The maximum atomic E-state index is 12.7. The average molecular weight is 328 g/mol. The van der Waals surface area contributed by atoms with Crippen LogP contribution in [0, 0.1) is 5.92 Å². The predicted octanol–water partition coefficient (Wildman–Crippen LogP) is 2.65. The molecule has 2 aromatic rings. The molecular weight excluding hydrogens is 313 g/mol. The molecule has 23 heavy (non-hydrogen) atoms. The zero-order valence-corrected chi connectivity index (χ0v) is 12.4.